The topological polar surface area (TPSA) is 115 Å². The molecule has 2 N–H and O–H groups in total. The van der Waals surface area contributed by atoms with Gasteiger partial charge in [0.05, 0.1) is 22.5 Å². The van der Waals surface area contributed by atoms with Crippen molar-refractivity contribution in [2.75, 3.05) is 29.5 Å². The molecule has 0 aliphatic carbocycles. The van der Waals surface area contributed by atoms with E-state index in [1.54, 1.807) is 22.7 Å². The van der Waals surface area contributed by atoms with Gasteiger partial charge in [-0.05, 0) is 43.9 Å². The summed E-state index contributed by atoms with van der Waals surface area (Å²) in [6.07, 6.45) is 14.6. The van der Waals surface area contributed by atoms with Crippen molar-refractivity contribution in [1.29, 1.82) is 0 Å². The number of nitrogens with zero attached hydrogens (tertiary/aromatic N) is 2. The van der Waals surface area contributed by atoms with E-state index in [0.29, 0.717) is 25.9 Å². The van der Waals surface area contributed by atoms with Crippen molar-refractivity contribution >= 4 is 78.8 Å². The molecule has 8 nitrogen and oxygen atoms in total. The standard InChI is InChI=1S/C37H40N2O6S4/c1-36(2)30(38(22-14-24-48(40,41)42)34-32(36)26-16-10-12-18-28(26)46-34)20-8-6-5-7-9-21-31-37(3,4)33-27-17-11-13-19-29(27)47-35(33)39(31)23-15-25-49(43,44)45/h5-13,16-21H,14-15,22-25H2,1-4H3,(H-,40,41,42,43,44,45)/p+1. The Kier molecular flexibility index (Phi) is 9.68. The maximum atomic E-state index is 11.5. The monoisotopic (exact) mass is 737 g/mol. The van der Waals surface area contributed by atoms with E-state index in [1.165, 1.54) is 31.3 Å². The first-order valence-electron chi connectivity index (χ1n) is 16.2. The summed E-state index contributed by atoms with van der Waals surface area (Å²) >= 11 is 3.40. The molecule has 2 aliphatic heterocycles. The Morgan fingerprint density at radius 2 is 1.31 bits per heavy atom. The number of hydrogen-bond acceptors (Lipinski definition) is 7. The Hall–Kier alpha value is -3.39. The van der Waals surface area contributed by atoms with Gasteiger partial charge in [0.25, 0.3) is 25.2 Å². The van der Waals surface area contributed by atoms with Crippen LogP contribution in [-0.4, -0.2) is 60.8 Å². The first-order valence-corrected chi connectivity index (χ1v) is 21.0. The SMILES string of the molecule is CC1(C)C(/C=C/C=C/C=C/C=C2\N(CCCS(=O)(=O)O)c3sc4ccccc4c3C2(C)C)=[N+](CCCS(=O)(=O)O)c2sc3ccccc3c21. The van der Waals surface area contributed by atoms with Crippen LogP contribution in [0.15, 0.2) is 96.8 Å². The summed E-state index contributed by atoms with van der Waals surface area (Å²) < 4.78 is 69.2. The van der Waals surface area contributed by atoms with Gasteiger partial charge in [-0.3, -0.25) is 9.11 Å². The molecule has 0 bridgehead atoms. The van der Waals surface area contributed by atoms with Crippen LogP contribution >= 0.6 is 22.7 Å². The lowest BCUT2D eigenvalue weighted by Crippen LogP contribution is -2.28. The molecule has 2 aliphatic rings. The Balaban J connectivity index is 1.25. The van der Waals surface area contributed by atoms with Gasteiger partial charge in [-0.1, -0.05) is 92.0 Å². The molecule has 6 rings (SSSR count). The third kappa shape index (κ3) is 7.13. The van der Waals surface area contributed by atoms with E-state index in [1.807, 2.05) is 54.6 Å². The lowest BCUT2D eigenvalue weighted by Gasteiger charge is -2.27. The van der Waals surface area contributed by atoms with Gasteiger partial charge in [0.15, 0.2) is 12.3 Å². The van der Waals surface area contributed by atoms with Gasteiger partial charge >= 0.3 is 0 Å². The normalized spacial score (nSPS) is 18.4. The zero-order chi connectivity index (χ0) is 35.2. The van der Waals surface area contributed by atoms with Gasteiger partial charge in [-0.2, -0.15) is 21.4 Å². The zero-order valence-corrected chi connectivity index (χ0v) is 31.2. The highest BCUT2D eigenvalue weighted by molar-refractivity contribution is 7.86. The number of hydrogen-bond donors (Lipinski definition) is 2. The van der Waals surface area contributed by atoms with E-state index >= 15 is 0 Å². The van der Waals surface area contributed by atoms with Gasteiger partial charge in [-0.25, -0.2) is 0 Å². The molecule has 0 radical (unpaired) electrons. The fourth-order valence-corrected chi connectivity index (χ4v) is 10.9. The number of fused-ring (bicyclic) bond motifs is 6. The highest BCUT2D eigenvalue weighted by Crippen LogP contribution is 2.55. The van der Waals surface area contributed by atoms with Crippen molar-refractivity contribution in [2.24, 2.45) is 0 Å². The van der Waals surface area contributed by atoms with E-state index < -0.39 is 20.2 Å². The fraction of sp³-hybridized carbons (Fsp3) is 0.324. The first-order chi connectivity index (χ1) is 23.1. The van der Waals surface area contributed by atoms with Crippen LogP contribution in [0.4, 0.5) is 10.0 Å². The number of rotatable bonds is 12. The van der Waals surface area contributed by atoms with Crippen molar-refractivity contribution in [3.05, 3.63) is 108 Å². The Labute approximate surface area is 296 Å². The Morgan fingerprint density at radius 3 is 1.98 bits per heavy atom. The minimum atomic E-state index is -4.05. The molecule has 0 saturated heterocycles. The van der Waals surface area contributed by atoms with Crippen LogP contribution in [-0.2, 0) is 31.1 Å². The van der Waals surface area contributed by atoms with Crippen molar-refractivity contribution in [2.45, 2.75) is 51.4 Å². The molecule has 12 heteroatoms. The molecule has 0 unspecified atom stereocenters. The van der Waals surface area contributed by atoms with Crippen LogP contribution in [0.2, 0.25) is 0 Å². The third-order valence-electron chi connectivity index (χ3n) is 9.28. The van der Waals surface area contributed by atoms with E-state index in [0.717, 1.165) is 21.4 Å². The van der Waals surface area contributed by atoms with Crippen molar-refractivity contribution in [3.8, 4) is 0 Å². The summed E-state index contributed by atoms with van der Waals surface area (Å²) in [6, 6.07) is 16.6. The maximum Gasteiger partial charge on any atom is 0.267 e. The zero-order valence-electron chi connectivity index (χ0n) is 28.0. The van der Waals surface area contributed by atoms with Crippen LogP contribution in [0, 0.1) is 0 Å². The van der Waals surface area contributed by atoms with Crippen LogP contribution in [0.5, 0.6) is 0 Å². The molecular weight excluding hydrogens is 697 g/mol. The lowest BCUT2D eigenvalue weighted by molar-refractivity contribution is -0.433. The second kappa shape index (κ2) is 13.4. The smallest absolute Gasteiger partial charge is 0.267 e. The molecule has 258 valence electrons. The van der Waals surface area contributed by atoms with Crippen molar-refractivity contribution < 1.29 is 30.5 Å². The molecule has 4 heterocycles. The number of anilines is 1. The highest BCUT2D eigenvalue weighted by Gasteiger charge is 2.47. The van der Waals surface area contributed by atoms with E-state index in [2.05, 4.69) is 73.6 Å². The number of allylic oxidation sites excluding steroid dienone is 8. The fourth-order valence-electron chi connectivity index (χ4n) is 7.14. The minimum absolute atomic E-state index is 0.292. The van der Waals surface area contributed by atoms with Crippen LogP contribution in [0.25, 0.3) is 20.2 Å². The van der Waals surface area contributed by atoms with Gasteiger partial charge in [-0.15, -0.1) is 11.3 Å². The van der Waals surface area contributed by atoms with Gasteiger partial charge in [0, 0.05) is 50.5 Å². The van der Waals surface area contributed by atoms with Gasteiger partial charge in [0.2, 0.25) is 0 Å². The molecule has 0 fully saturated rings. The highest BCUT2D eigenvalue weighted by atomic mass is 32.2. The first kappa shape index (κ1) is 35.4. The summed E-state index contributed by atoms with van der Waals surface area (Å²) in [5, 5.41) is 4.62. The molecule has 0 amide bonds. The second-order valence-corrected chi connectivity index (χ2v) is 18.7. The average molecular weight is 738 g/mol. The van der Waals surface area contributed by atoms with Crippen LogP contribution < -0.4 is 4.90 Å². The lowest BCUT2D eigenvalue weighted by atomic mass is 9.81. The molecular formula is C37H41N2O6S4+. The molecule has 49 heavy (non-hydrogen) atoms. The molecule has 2 aromatic heterocycles. The largest absolute Gasteiger partial charge is 0.336 e. The summed E-state index contributed by atoms with van der Waals surface area (Å²) in [6.45, 7) is 9.70. The summed E-state index contributed by atoms with van der Waals surface area (Å²) in [5.41, 5.74) is 3.98. The van der Waals surface area contributed by atoms with Crippen molar-refractivity contribution in [3.63, 3.8) is 0 Å². The summed E-state index contributed by atoms with van der Waals surface area (Å²) in [5.74, 6) is -0.584. The average Bonchev–Trinajstić information content (AvgIpc) is 3.70. The van der Waals surface area contributed by atoms with Crippen LogP contribution in [0.1, 0.15) is 51.7 Å². The molecule has 2 aromatic carbocycles. The van der Waals surface area contributed by atoms with E-state index in [-0.39, 0.29) is 22.3 Å². The Morgan fingerprint density at radius 1 is 0.735 bits per heavy atom. The minimum Gasteiger partial charge on any atom is -0.336 e. The van der Waals surface area contributed by atoms with Gasteiger partial charge < -0.3 is 4.90 Å². The molecule has 0 spiro atoms. The molecule has 0 atom stereocenters. The quantitative estimate of drug-likeness (QED) is 0.0853. The molecule has 4 aromatic rings. The van der Waals surface area contributed by atoms with Crippen LogP contribution in [0.3, 0.4) is 0 Å². The predicted molar refractivity (Wildman–Crippen MR) is 204 cm³/mol. The second-order valence-electron chi connectivity index (χ2n) is 13.5. The number of benzene rings is 2. The molecule has 0 saturated carbocycles. The van der Waals surface area contributed by atoms with E-state index in [9.17, 15) is 25.9 Å². The van der Waals surface area contributed by atoms with Gasteiger partial charge in [0.1, 0.15) is 5.00 Å². The van der Waals surface area contributed by atoms with E-state index in [4.69, 9.17) is 0 Å². The maximum absolute atomic E-state index is 11.5. The Bertz CT molecular complexity index is 2300. The van der Waals surface area contributed by atoms with Crippen molar-refractivity contribution in [1.82, 2.24) is 0 Å². The predicted octanol–water partition coefficient (Wildman–Crippen LogP) is 8.40. The summed E-state index contributed by atoms with van der Waals surface area (Å²) in [4.78, 5) is 2.19. The summed E-state index contributed by atoms with van der Waals surface area (Å²) in [7, 11) is -8.11. The third-order valence-corrected chi connectivity index (χ3v) is 13.3. The number of thiophene rings is 2.